The molecule has 1 heterocycles. The van der Waals surface area contributed by atoms with Gasteiger partial charge in [0, 0.05) is 0 Å². The van der Waals surface area contributed by atoms with E-state index in [9.17, 15) is 4.79 Å². The molecule has 3 aromatic carbocycles. The molecule has 4 aromatic rings. The second kappa shape index (κ2) is 7.24. The van der Waals surface area contributed by atoms with Crippen LogP contribution < -0.4 is 11.0 Å². The number of aromatic nitrogens is 2. The third kappa shape index (κ3) is 3.43. The van der Waals surface area contributed by atoms with Crippen LogP contribution in [0.2, 0.25) is 0 Å². The highest BCUT2D eigenvalue weighted by molar-refractivity contribution is 6.33. The molecule has 0 bridgehead atoms. The summed E-state index contributed by atoms with van der Waals surface area (Å²) in [5.74, 6) is 0.696. The average molecular weight is 350 g/mol. The SMILES string of the molecule is [B]c1ccc2nc(C)n(C(Cc3ccccc3)c3ccccc3)c(=O)c2c1. The van der Waals surface area contributed by atoms with Crippen LogP contribution in [-0.4, -0.2) is 17.4 Å². The van der Waals surface area contributed by atoms with Crippen molar-refractivity contribution in [1.82, 2.24) is 9.55 Å². The van der Waals surface area contributed by atoms with Crippen LogP contribution in [0.25, 0.3) is 10.9 Å². The molecule has 1 atom stereocenters. The van der Waals surface area contributed by atoms with Crippen LogP contribution in [0.15, 0.2) is 83.7 Å². The number of hydrogen-bond acceptors (Lipinski definition) is 2. The lowest BCUT2D eigenvalue weighted by molar-refractivity contribution is 0.541. The van der Waals surface area contributed by atoms with E-state index in [0.29, 0.717) is 28.6 Å². The standard InChI is InChI=1S/C23H19BN2O/c1-16-25-21-13-12-19(24)15-20(21)23(27)26(16)22(18-10-6-3-7-11-18)14-17-8-4-2-5-9-17/h2-13,15,22H,14H2,1H3. The smallest absolute Gasteiger partial charge is 0.261 e. The van der Waals surface area contributed by atoms with E-state index in [4.69, 9.17) is 7.85 Å². The number of rotatable bonds is 4. The molecule has 4 heteroatoms. The fourth-order valence-electron chi connectivity index (χ4n) is 3.57. The lowest BCUT2D eigenvalue weighted by Crippen LogP contribution is -2.30. The molecule has 0 amide bonds. The molecule has 1 unspecified atom stereocenters. The summed E-state index contributed by atoms with van der Waals surface area (Å²) in [4.78, 5) is 18.0. The molecule has 1 aromatic heterocycles. The van der Waals surface area contributed by atoms with Crippen molar-refractivity contribution in [2.45, 2.75) is 19.4 Å². The van der Waals surface area contributed by atoms with Crippen LogP contribution >= 0.6 is 0 Å². The monoisotopic (exact) mass is 350 g/mol. The second-order valence-electron chi connectivity index (χ2n) is 6.73. The molecule has 130 valence electrons. The molecular weight excluding hydrogens is 331 g/mol. The van der Waals surface area contributed by atoms with Crippen molar-refractivity contribution < 1.29 is 0 Å². The number of fused-ring (bicyclic) bond motifs is 1. The highest BCUT2D eigenvalue weighted by Crippen LogP contribution is 2.23. The van der Waals surface area contributed by atoms with Crippen molar-refractivity contribution >= 4 is 24.2 Å². The molecule has 0 fully saturated rings. The maximum Gasteiger partial charge on any atom is 0.261 e. The van der Waals surface area contributed by atoms with Gasteiger partial charge in [0.05, 0.1) is 16.9 Å². The van der Waals surface area contributed by atoms with Crippen molar-refractivity contribution in [1.29, 1.82) is 0 Å². The van der Waals surface area contributed by atoms with Crippen LogP contribution in [0.4, 0.5) is 0 Å². The van der Waals surface area contributed by atoms with E-state index < -0.39 is 0 Å². The Hall–Kier alpha value is -3.14. The number of nitrogens with zero attached hydrogens (tertiary/aromatic N) is 2. The van der Waals surface area contributed by atoms with Gasteiger partial charge in [-0.3, -0.25) is 9.36 Å². The minimum Gasteiger partial charge on any atom is -0.288 e. The van der Waals surface area contributed by atoms with Gasteiger partial charge in [0.2, 0.25) is 0 Å². The largest absolute Gasteiger partial charge is 0.288 e. The van der Waals surface area contributed by atoms with Gasteiger partial charge in [0.25, 0.3) is 5.56 Å². The zero-order chi connectivity index (χ0) is 18.8. The Morgan fingerprint density at radius 2 is 1.63 bits per heavy atom. The minimum absolute atomic E-state index is 0.0606. The van der Waals surface area contributed by atoms with Gasteiger partial charge in [-0.25, -0.2) is 4.98 Å². The van der Waals surface area contributed by atoms with Gasteiger partial charge in [-0.2, -0.15) is 0 Å². The molecule has 0 aliphatic carbocycles. The summed E-state index contributed by atoms with van der Waals surface area (Å²) in [5, 5.41) is 0.551. The first kappa shape index (κ1) is 17.3. The molecule has 0 saturated carbocycles. The summed E-state index contributed by atoms with van der Waals surface area (Å²) >= 11 is 0. The zero-order valence-electron chi connectivity index (χ0n) is 15.2. The fraction of sp³-hybridized carbons (Fsp3) is 0.130. The van der Waals surface area contributed by atoms with E-state index in [1.807, 2.05) is 43.3 Å². The lowest BCUT2D eigenvalue weighted by atomic mass is 9.94. The molecule has 0 saturated heterocycles. The summed E-state index contributed by atoms with van der Waals surface area (Å²) in [6.07, 6.45) is 0.709. The van der Waals surface area contributed by atoms with E-state index in [1.54, 1.807) is 22.8 Å². The zero-order valence-corrected chi connectivity index (χ0v) is 15.2. The third-order valence-electron chi connectivity index (χ3n) is 4.87. The summed E-state index contributed by atoms with van der Waals surface area (Å²) in [5.41, 5.74) is 3.43. The molecule has 3 nitrogen and oxygen atoms in total. The van der Waals surface area contributed by atoms with E-state index in [1.165, 1.54) is 5.56 Å². The van der Waals surface area contributed by atoms with E-state index in [0.717, 1.165) is 5.56 Å². The normalized spacial score (nSPS) is 12.2. The van der Waals surface area contributed by atoms with Crippen molar-refractivity contribution in [3.63, 3.8) is 0 Å². The Bertz CT molecular complexity index is 1140. The first-order chi connectivity index (χ1) is 13.1. The van der Waals surface area contributed by atoms with Gasteiger partial charge in [-0.15, -0.1) is 0 Å². The highest BCUT2D eigenvalue weighted by Gasteiger charge is 2.20. The second-order valence-corrected chi connectivity index (χ2v) is 6.73. The van der Waals surface area contributed by atoms with Crippen molar-refractivity contribution in [3.05, 3.63) is 106 Å². The van der Waals surface area contributed by atoms with Crippen molar-refractivity contribution in [3.8, 4) is 0 Å². The fourth-order valence-corrected chi connectivity index (χ4v) is 3.57. The minimum atomic E-state index is -0.139. The van der Waals surface area contributed by atoms with Crippen LogP contribution in [0, 0.1) is 6.92 Å². The highest BCUT2D eigenvalue weighted by atomic mass is 16.1. The van der Waals surface area contributed by atoms with Gasteiger partial charge in [0.15, 0.2) is 0 Å². The predicted molar refractivity (Wildman–Crippen MR) is 111 cm³/mol. The van der Waals surface area contributed by atoms with E-state index in [2.05, 4.69) is 29.2 Å². The number of aryl methyl sites for hydroxylation is 1. The lowest BCUT2D eigenvalue weighted by Gasteiger charge is -2.23. The molecule has 0 N–H and O–H groups in total. The Morgan fingerprint density at radius 1 is 0.963 bits per heavy atom. The molecule has 0 aliphatic heterocycles. The Balaban J connectivity index is 1.93. The van der Waals surface area contributed by atoms with Gasteiger partial charge >= 0.3 is 0 Å². The maximum atomic E-state index is 13.4. The summed E-state index contributed by atoms with van der Waals surface area (Å²) < 4.78 is 1.80. The van der Waals surface area contributed by atoms with E-state index in [-0.39, 0.29) is 11.6 Å². The summed E-state index contributed by atoms with van der Waals surface area (Å²) in [6.45, 7) is 1.89. The summed E-state index contributed by atoms with van der Waals surface area (Å²) in [7, 11) is 5.92. The molecule has 0 aliphatic rings. The maximum absolute atomic E-state index is 13.4. The Labute approximate surface area is 159 Å². The van der Waals surface area contributed by atoms with Crippen molar-refractivity contribution in [2.24, 2.45) is 0 Å². The van der Waals surface area contributed by atoms with E-state index >= 15 is 0 Å². The van der Waals surface area contributed by atoms with Gasteiger partial charge in [-0.05, 0) is 30.5 Å². The molecule has 2 radical (unpaired) electrons. The van der Waals surface area contributed by atoms with Gasteiger partial charge in [-0.1, -0.05) is 78.3 Å². The van der Waals surface area contributed by atoms with Crippen LogP contribution in [0.3, 0.4) is 0 Å². The van der Waals surface area contributed by atoms with Crippen LogP contribution in [0.5, 0.6) is 0 Å². The Morgan fingerprint density at radius 3 is 2.33 bits per heavy atom. The number of hydrogen-bond donors (Lipinski definition) is 0. The average Bonchev–Trinajstić information content (AvgIpc) is 2.69. The summed E-state index contributed by atoms with van der Waals surface area (Å²) in [6, 6.07) is 25.5. The van der Waals surface area contributed by atoms with Crippen LogP contribution in [0.1, 0.15) is 23.0 Å². The quantitative estimate of drug-likeness (QED) is 0.529. The predicted octanol–water partition coefficient (Wildman–Crippen LogP) is 3.33. The first-order valence-corrected chi connectivity index (χ1v) is 9.01. The molecular formula is C23H19BN2O. The molecule has 27 heavy (non-hydrogen) atoms. The number of benzene rings is 3. The topological polar surface area (TPSA) is 34.9 Å². The van der Waals surface area contributed by atoms with Gasteiger partial charge < -0.3 is 0 Å². The first-order valence-electron chi connectivity index (χ1n) is 9.01. The third-order valence-corrected chi connectivity index (χ3v) is 4.87. The van der Waals surface area contributed by atoms with Gasteiger partial charge in [0.1, 0.15) is 13.7 Å². The molecule has 4 rings (SSSR count). The van der Waals surface area contributed by atoms with Crippen LogP contribution in [-0.2, 0) is 6.42 Å². The Kier molecular flexibility index (Phi) is 4.63. The van der Waals surface area contributed by atoms with Crippen molar-refractivity contribution in [2.75, 3.05) is 0 Å². The molecule has 0 spiro atoms.